The quantitative estimate of drug-likeness (QED) is 0.758. The van der Waals surface area contributed by atoms with Crippen molar-refractivity contribution >= 4 is 17.8 Å². The average Bonchev–Trinajstić information content (AvgIpc) is 2.53. The van der Waals surface area contributed by atoms with Gasteiger partial charge >= 0.3 is 5.97 Å². The van der Waals surface area contributed by atoms with Crippen molar-refractivity contribution in [2.45, 2.75) is 53.0 Å². The molecule has 0 aromatic heterocycles. The number of carboxylic acid groups (broad SMARTS) is 1. The summed E-state index contributed by atoms with van der Waals surface area (Å²) >= 11 is 0. The van der Waals surface area contributed by atoms with Gasteiger partial charge in [0, 0.05) is 6.42 Å². The lowest BCUT2D eigenvalue weighted by Crippen LogP contribution is -2.49. The molecule has 1 atom stereocenters. The van der Waals surface area contributed by atoms with Gasteiger partial charge in [-0.3, -0.25) is 14.5 Å². The van der Waals surface area contributed by atoms with Crippen LogP contribution in [-0.4, -0.2) is 33.8 Å². The highest BCUT2D eigenvalue weighted by Crippen LogP contribution is 2.40. The largest absolute Gasteiger partial charge is 0.480 e. The summed E-state index contributed by atoms with van der Waals surface area (Å²) in [6, 6.07) is -1.05. The summed E-state index contributed by atoms with van der Waals surface area (Å²) < 4.78 is 0. The maximum Gasteiger partial charge on any atom is 0.327 e. The van der Waals surface area contributed by atoms with Crippen LogP contribution in [0, 0.1) is 11.3 Å². The van der Waals surface area contributed by atoms with Gasteiger partial charge in [-0.05, 0) is 18.8 Å². The van der Waals surface area contributed by atoms with Crippen molar-refractivity contribution in [2.24, 2.45) is 11.3 Å². The topological polar surface area (TPSA) is 74.7 Å². The fourth-order valence-electron chi connectivity index (χ4n) is 2.60. The molecule has 5 heteroatoms. The summed E-state index contributed by atoms with van der Waals surface area (Å²) in [7, 11) is 0. The molecule has 0 bridgehead atoms. The Morgan fingerprint density at radius 1 is 1.33 bits per heavy atom. The van der Waals surface area contributed by atoms with Crippen LogP contribution in [0.15, 0.2) is 0 Å². The summed E-state index contributed by atoms with van der Waals surface area (Å²) in [5.74, 6) is -2.09. The first-order valence-corrected chi connectivity index (χ1v) is 6.40. The van der Waals surface area contributed by atoms with E-state index >= 15 is 0 Å². The summed E-state index contributed by atoms with van der Waals surface area (Å²) in [5.41, 5.74) is -0.695. The van der Waals surface area contributed by atoms with E-state index in [9.17, 15) is 19.5 Å². The molecule has 1 N–H and O–H groups in total. The Hall–Kier alpha value is -1.39. The lowest BCUT2D eigenvalue weighted by atomic mass is 9.81. The molecule has 2 amide bonds. The third kappa shape index (κ3) is 2.13. The Labute approximate surface area is 107 Å². The maximum atomic E-state index is 12.4. The fourth-order valence-corrected chi connectivity index (χ4v) is 2.60. The van der Waals surface area contributed by atoms with Gasteiger partial charge in [0.15, 0.2) is 0 Å². The summed E-state index contributed by atoms with van der Waals surface area (Å²) in [5, 5.41) is 9.21. The maximum absolute atomic E-state index is 12.4. The van der Waals surface area contributed by atoms with Crippen molar-refractivity contribution in [1.29, 1.82) is 0 Å². The van der Waals surface area contributed by atoms with Gasteiger partial charge in [-0.25, -0.2) is 4.79 Å². The number of hydrogen-bond acceptors (Lipinski definition) is 3. The van der Waals surface area contributed by atoms with Crippen molar-refractivity contribution in [2.75, 3.05) is 0 Å². The molecule has 1 unspecified atom stereocenters. The van der Waals surface area contributed by atoms with Crippen LogP contribution in [-0.2, 0) is 14.4 Å². The zero-order chi connectivity index (χ0) is 14.1. The highest BCUT2D eigenvalue weighted by Gasteiger charge is 2.53. The molecule has 0 aliphatic carbocycles. The molecule has 1 rings (SSSR count). The van der Waals surface area contributed by atoms with E-state index in [1.165, 1.54) is 0 Å². The van der Waals surface area contributed by atoms with Crippen LogP contribution < -0.4 is 0 Å². The Bertz CT molecular complexity index is 371. The number of imide groups is 1. The summed E-state index contributed by atoms with van der Waals surface area (Å²) in [6.45, 7) is 7.14. The molecule has 0 aromatic carbocycles. The summed E-state index contributed by atoms with van der Waals surface area (Å²) in [4.78, 5) is 36.6. The van der Waals surface area contributed by atoms with Crippen molar-refractivity contribution < 1.29 is 19.5 Å². The lowest BCUT2D eigenvalue weighted by molar-refractivity contribution is -0.157. The van der Waals surface area contributed by atoms with Crippen molar-refractivity contribution in [3.05, 3.63) is 0 Å². The Balaban J connectivity index is 3.14. The molecule has 1 aliphatic heterocycles. The number of amides is 2. The average molecular weight is 255 g/mol. The number of aliphatic carboxylic acids is 1. The first-order chi connectivity index (χ1) is 8.30. The first kappa shape index (κ1) is 14.7. The van der Waals surface area contributed by atoms with Gasteiger partial charge in [0.05, 0.1) is 5.41 Å². The van der Waals surface area contributed by atoms with E-state index in [0.29, 0.717) is 12.8 Å². The smallest absolute Gasteiger partial charge is 0.327 e. The van der Waals surface area contributed by atoms with Crippen LogP contribution >= 0.6 is 0 Å². The molecule has 0 saturated carbocycles. The van der Waals surface area contributed by atoms with E-state index in [1.807, 2.05) is 13.8 Å². The SMILES string of the molecule is CCC1(CC)CC(=O)N(C(C(=O)O)C(C)C)C1=O. The van der Waals surface area contributed by atoms with Crippen molar-refractivity contribution in [3.63, 3.8) is 0 Å². The van der Waals surface area contributed by atoms with E-state index in [2.05, 4.69) is 0 Å². The Morgan fingerprint density at radius 3 is 2.11 bits per heavy atom. The number of nitrogens with zero attached hydrogens (tertiary/aromatic N) is 1. The van der Waals surface area contributed by atoms with Gasteiger partial charge in [0.1, 0.15) is 6.04 Å². The second-order valence-electron chi connectivity index (χ2n) is 5.26. The Kier molecular flexibility index (Phi) is 4.14. The van der Waals surface area contributed by atoms with E-state index < -0.39 is 17.4 Å². The van der Waals surface area contributed by atoms with Crippen LogP contribution in [0.3, 0.4) is 0 Å². The fraction of sp³-hybridized carbons (Fsp3) is 0.769. The number of carbonyl (C=O) groups is 3. The number of carbonyl (C=O) groups excluding carboxylic acids is 2. The second kappa shape index (κ2) is 5.08. The standard InChI is InChI=1S/C13H21NO4/c1-5-13(6-2)7-9(15)14(12(13)18)10(8(3)4)11(16)17/h8,10H,5-7H2,1-4H3,(H,16,17). The predicted octanol–water partition coefficient (Wildman–Crippen LogP) is 1.66. The lowest BCUT2D eigenvalue weighted by Gasteiger charge is -2.29. The molecular formula is C13H21NO4. The molecule has 0 spiro atoms. The molecule has 102 valence electrons. The van der Waals surface area contributed by atoms with Gasteiger partial charge in [-0.2, -0.15) is 0 Å². The molecule has 0 radical (unpaired) electrons. The first-order valence-electron chi connectivity index (χ1n) is 6.40. The second-order valence-corrected chi connectivity index (χ2v) is 5.26. The normalized spacial score (nSPS) is 20.6. The van der Waals surface area contributed by atoms with Gasteiger partial charge < -0.3 is 5.11 Å². The van der Waals surface area contributed by atoms with Crippen LogP contribution in [0.2, 0.25) is 0 Å². The molecule has 1 saturated heterocycles. The third-order valence-electron chi connectivity index (χ3n) is 3.95. The highest BCUT2D eigenvalue weighted by atomic mass is 16.4. The number of rotatable bonds is 5. The van der Waals surface area contributed by atoms with E-state index in [0.717, 1.165) is 4.90 Å². The number of carboxylic acids is 1. The van der Waals surface area contributed by atoms with Gasteiger partial charge in [-0.15, -0.1) is 0 Å². The minimum absolute atomic E-state index is 0.134. The van der Waals surface area contributed by atoms with Crippen molar-refractivity contribution in [3.8, 4) is 0 Å². The predicted molar refractivity (Wildman–Crippen MR) is 65.7 cm³/mol. The molecule has 1 aliphatic rings. The number of likely N-dealkylation sites (tertiary alicyclic amines) is 1. The minimum Gasteiger partial charge on any atom is -0.480 e. The number of hydrogen-bond donors (Lipinski definition) is 1. The van der Waals surface area contributed by atoms with Crippen molar-refractivity contribution in [1.82, 2.24) is 4.90 Å². The highest BCUT2D eigenvalue weighted by molar-refractivity contribution is 6.08. The third-order valence-corrected chi connectivity index (χ3v) is 3.95. The van der Waals surface area contributed by atoms with Gasteiger partial charge in [-0.1, -0.05) is 27.7 Å². The molecule has 5 nitrogen and oxygen atoms in total. The van der Waals surface area contributed by atoms with E-state index in [-0.39, 0.29) is 24.2 Å². The molecule has 1 heterocycles. The molecular weight excluding hydrogens is 234 g/mol. The molecule has 0 aromatic rings. The monoisotopic (exact) mass is 255 g/mol. The van der Waals surface area contributed by atoms with Crippen LogP contribution in [0.25, 0.3) is 0 Å². The van der Waals surface area contributed by atoms with E-state index in [4.69, 9.17) is 0 Å². The van der Waals surface area contributed by atoms with Crippen LogP contribution in [0.1, 0.15) is 47.0 Å². The summed E-state index contributed by atoms with van der Waals surface area (Å²) in [6.07, 6.45) is 1.26. The zero-order valence-corrected chi connectivity index (χ0v) is 11.4. The molecule has 1 fully saturated rings. The van der Waals surface area contributed by atoms with E-state index in [1.54, 1.807) is 13.8 Å². The molecule has 18 heavy (non-hydrogen) atoms. The minimum atomic E-state index is -1.12. The van der Waals surface area contributed by atoms with Crippen LogP contribution in [0.5, 0.6) is 0 Å². The van der Waals surface area contributed by atoms with Gasteiger partial charge in [0.2, 0.25) is 11.8 Å². The van der Waals surface area contributed by atoms with Crippen LogP contribution in [0.4, 0.5) is 0 Å². The Morgan fingerprint density at radius 2 is 1.83 bits per heavy atom. The van der Waals surface area contributed by atoms with Gasteiger partial charge in [0.25, 0.3) is 0 Å². The zero-order valence-electron chi connectivity index (χ0n) is 11.4.